The van der Waals surface area contributed by atoms with Gasteiger partial charge in [0.1, 0.15) is 0 Å². The molecule has 0 radical (unpaired) electrons. The molecule has 4 nitrogen and oxygen atoms in total. The Balaban J connectivity index is 1.99. The van der Waals surface area contributed by atoms with Gasteiger partial charge in [0.25, 0.3) is 0 Å². The van der Waals surface area contributed by atoms with Gasteiger partial charge in [0.15, 0.2) is 0 Å². The van der Waals surface area contributed by atoms with Gasteiger partial charge in [-0.25, -0.2) is 0 Å². The summed E-state index contributed by atoms with van der Waals surface area (Å²) in [7, 11) is 1.69. The summed E-state index contributed by atoms with van der Waals surface area (Å²) in [4.78, 5) is 2.39. The van der Waals surface area contributed by atoms with Gasteiger partial charge in [-0.05, 0) is 25.0 Å². The molecule has 116 valence electrons. The van der Waals surface area contributed by atoms with Crippen LogP contribution in [0.15, 0.2) is 42.1 Å². The molecule has 2 unspecified atom stereocenters. The molecule has 2 N–H and O–H groups in total. The molecule has 1 aliphatic heterocycles. The van der Waals surface area contributed by atoms with Crippen molar-refractivity contribution in [1.29, 1.82) is 0 Å². The van der Waals surface area contributed by atoms with Gasteiger partial charge in [-0.2, -0.15) is 5.06 Å². The maximum absolute atomic E-state index is 9.40. The Labute approximate surface area is 128 Å². The first kappa shape index (κ1) is 16.0. The summed E-state index contributed by atoms with van der Waals surface area (Å²) in [6, 6.07) is 11.4. The fourth-order valence-electron chi connectivity index (χ4n) is 2.53. The highest BCUT2D eigenvalue weighted by Gasteiger charge is 2.27. The van der Waals surface area contributed by atoms with Crippen LogP contribution in [-0.4, -0.2) is 47.4 Å². The van der Waals surface area contributed by atoms with E-state index >= 15 is 0 Å². The SMILES string of the molecule is CCC1N/C1=C/C(C)N(CCN(C)O)Cc1ccccc1. The molecule has 2 rings (SSSR count). The van der Waals surface area contributed by atoms with Crippen molar-refractivity contribution in [2.24, 2.45) is 0 Å². The van der Waals surface area contributed by atoms with Crippen molar-refractivity contribution in [2.45, 2.75) is 38.9 Å². The fourth-order valence-corrected chi connectivity index (χ4v) is 2.53. The second-order valence-electron chi connectivity index (χ2n) is 5.81. The van der Waals surface area contributed by atoms with Crippen LogP contribution >= 0.6 is 0 Å². The quantitative estimate of drug-likeness (QED) is 0.570. The molecule has 0 bridgehead atoms. The normalized spacial score (nSPS) is 20.9. The van der Waals surface area contributed by atoms with Crippen LogP contribution in [0.2, 0.25) is 0 Å². The summed E-state index contributed by atoms with van der Waals surface area (Å²) < 4.78 is 0. The molecule has 1 aromatic carbocycles. The van der Waals surface area contributed by atoms with E-state index in [4.69, 9.17) is 0 Å². The lowest BCUT2D eigenvalue weighted by Crippen LogP contribution is -2.37. The largest absolute Gasteiger partial charge is 0.379 e. The molecule has 1 aromatic rings. The molecular weight excluding hydrogens is 262 g/mol. The zero-order valence-corrected chi connectivity index (χ0v) is 13.3. The highest BCUT2D eigenvalue weighted by Crippen LogP contribution is 2.21. The van der Waals surface area contributed by atoms with Crippen LogP contribution in [0, 0.1) is 0 Å². The van der Waals surface area contributed by atoms with Gasteiger partial charge < -0.3 is 10.5 Å². The number of likely N-dealkylation sites (N-methyl/N-ethyl adjacent to an activating group) is 1. The highest BCUT2D eigenvalue weighted by atomic mass is 16.5. The van der Waals surface area contributed by atoms with E-state index < -0.39 is 0 Å². The Hall–Kier alpha value is -1.36. The first-order valence-corrected chi connectivity index (χ1v) is 7.76. The van der Waals surface area contributed by atoms with Crippen molar-refractivity contribution < 1.29 is 5.21 Å². The van der Waals surface area contributed by atoms with Gasteiger partial charge >= 0.3 is 0 Å². The number of benzene rings is 1. The predicted octanol–water partition coefficient (Wildman–Crippen LogP) is 2.46. The van der Waals surface area contributed by atoms with Gasteiger partial charge in [0, 0.05) is 38.4 Å². The average Bonchev–Trinajstić information content (AvgIpc) is 3.22. The number of hydroxylamine groups is 2. The lowest BCUT2D eigenvalue weighted by molar-refractivity contribution is -0.0708. The molecule has 0 aliphatic carbocycles. The van der Waals surface area contributed by atoms with E-state index in [1.165, 1.54) is 16.3 Å². The third-order valence-corrected chi connectivity index (χ3v) is 3.98. The van der Waals surface area contributed by atoms with E-state index in [-0.39, 0.29) is 0 Å². The molecule has 0 saturated carbocycles. The fraction of sp³-hybridized carbons (Fsp3) is 0.529. The summed E-state index contributed by atoms with van der Waals surface area (Å²) in [5.74, 6) is 0. The smallest absolute Gasteiger partial charge is 0.0652 e. The minimum Gasteiger partial charge on any atom is -0.379 e. The van der Waals surface area contributed by atoms with Gasteiger partial charge in [0.2, 0.25) is 0 Å². The molecule has 0 aromatic heterocycles. The molecule has 1 aliphatic rings. The topological polar surface area (TPSA) is 48.7 Å². The molecule has 1 saturated heterocycles. The van der Waals surface area contributed by atoms with Crippen LogP contribution in [0.25, 0.3) is 0 Å². The standard InChI is InChI=1S/C17H27N3O/c1-4-16-17(18-16)12-14(2)20(11-10-19(3)21)13-15-8-6-5-7-9-15/h5-9,12,14,16,18,21H,4,10-11,13H2,1-3H3/b17-12+. The third kappa shape index (κ3) is 5.16. The van der Waals surface area contributed by atoms with Crippen LogP contribution in [0.5, 0.6) is 0 Å². The lowest BCUT2D eigenvalue weighted by Gasteiger charge is -2.28. The van der Waals surface area contributed by atoms with Crippen molar-refractivity contribution in [3.05, 3.63) is 47.7 Å². The van der Waals surface area contributed by atoms with Crippen molar-refractivity contribution >= 4 is 0 Å². The molecule has 0 spiro atoms. The predicted molar refractivity (Wildman–Crippen MR) is 86.0 cm³/mol. The van der Waals surface area contributed by atoms with E-state index in [0.29, 0.717) is 18.6 Å². The Kier molecular flexibility index (Phi) is 5.79. The molecule has 1 fully saturated rings. The summed E-state index contributed by atoms with van der Waals surface area (Å²) in [5, 5.41) is 14.1. The van der Waals surface area contributed by atoms with Gasteiger partial charge in [0.05, 0.1) is 6.04 Å². The van der Waals surface area contributed by atoms with E-state index in [0.717, 1.165) is 19.5 Å². The Morgan fingerprint density at radius 1 is 1.29 bits per heavy atom. The summed E-state index contributed by atoms with van der Waals surface area (Å²) >= 11 is 0. The Morgan fingerprint density at radius 2 is 2.00 bits per heavy atom. The first-order valence-electron chi connectivity index (χ1n) is 7.76. The Morgan fingerprint density at radius 3 is 2.57 bits per heavy atom. The van der Waals surface area contributed by atoms with Crippen LogP contribution in [0.1, 0.15) is 25.8 Å². The number of nitrogens with one attached hydrogen (secondary N) is 1. The Bertz CT molecular complexity index is 458. The average molecular weight is 289 g/mol. The zero-order valence-electron chi connectivity index (χ0n) is 13.3. The molecule has 0 amide bonds. The van der Waals surface area contributed by atoms with Crippen LogP contribution in [0.4, 0.5) is 0 Å². The van der Waals surface area contributed by atoms with Gasteiger partial charge in [-0.15, -0.1) is 0 Å². The highest BCUT2D eigenvalue weighted by molar-refractivity contribution is 5.26. The van der Waals surface area contributed by atoms with Crippen LogP contribution in [-0.2, 0) is 6.54 Å². The van der Waals surface area contributed by atoms with E-state index in [1.54, 1.807) is 7.05 Å². The first-order chi connectivity index (χ1) is 10.1. The van der Waals surface area contributed by atoms with Crippen molar-refractivity contribution in [1.82, 2.24) is 15.3 Å². The van der Waals surface area contributed by atoms with E-state index in [9.17, 15) is 5.21 Å². The minimum absolute atomic E-state index is 0.351. The van der Waals surface area contributed by atoms with Crippen LogP contribution in [0.3, 0.4) is 0 Å². The summed E-state index contributed by atoms with van der Waals surface area (Å²) in [6.45, 7) is 6.80. The van der Waals surface area contributed by atoms with Crippen molar-refractivity contribution in [3.63, 3.8) is 0 Å². The number of hydrogen-bond donors (Lipinski definition) is 2. The third-order valence-electron chi connectivity index (χ3n) is 3.98. The number of nitrogens with zero attached hydrogens (tertiary/aromatic N) is 2. The number of rotatable bonds is 8. The van der Waals surface area contributed by atoms with E-state index in [2.05, 4.69) is 54.4 Å². The van der Waals surface area contributed by atoms with Crippen molar-refractivity contribution in [3.8, 4) is 0 Å². The van der Waals surface area contributed by atoms with Crippen molar-refractivity contribution in [2.75, 3.05) is 20.1 Å². The molecule has 4 heteroatoms. The second-order valence-corrected chi connectivity index (χ2v) is 5.81. The maximum atomic E-state index is 9.40. The minimum atomic E-state index is 0.351. The van der Waals surface area contributed by atoms with E-state index in [1.807, 2.05) is 6.07 Å². The summed E-state index contributed by atoms with van der Waals surface area (Å²) in [5.41, 5.74) is 2.67. The molecule has 2 atom stereocenters. The van der Waals surface area contributed by atoms with Gasteiger partial charge in [-0.3, -0.25) is 4.90 Å². The zero-order chi connectivity index (χ0) is 15.2. The van der Waals surface area contributed by atoms with Crippen LogP contribution < -0.4 is 5.32 Å². The lowest BCUT2D eigenvalue weighted by atomic mass is 10.1. The molecular formula is C17H27N3O. The summed E-state index contributed by atoms with van der Waals surface area (Å²) in [6.07, 6.45) is 3.46. The second kappa shape index (κ2) is 7.59. The number of hydrogen-bond acceptors (Lipinski definition) is 4. The monoisotopic (exact) mass is 289 g/mol. The molecule has 1 heterocycles. The maximum Gasteiger partial charge on any atom is 0.0652 e. The van der Waals surface area contributed by atoms with Gasteiger partial charge in [-0.1, -0.05) is 37.3 Å². The molecule has 21 heavy (non-hydrogen) atoms.